The SMILES string of the molecule is CCc1ccc(C(=O)CSc2nnc(Cc3ccccc3)n2C)cc1. The third-order valence-corrected chi connectivity index (χ3v) is 5.17. The summed E-state index contributed by atoms with van der Waals surface area (Å²) in [7, 11) is 1.95. The molecule has 0 fully saturated rings. The zero-order valence-corrected chi connectivity index (χ0v) is 15.3. The van der Waals surface area contributed by atoms with Gasteiger partial charge in [0.15, 0.2) is 10.9 Å². The van der Waals surface area contributed by atoms with E-state index in [0.29, 0.717) is 5.75 Å². The molecule has 0 unspecified atom stereocenters. The van der Waals surface area contributed by atoms with Gasteiger partial charge in [0.1, 0.15) is 5.82 Å². The Morgan fingerprint density at radius 3 is 2.40 bits per heavy atom. The van der Waals surface area contributed by atoms with Crippen molar-refractivity contribution in [3.8, 4) is 0 Å². The molecule has 1 aromatic heterocycles. The first-order valence-corrected chi connectivity index (χ1v) is 9.33. The predicted octanol–water partition coefficient (Wildman–Crippen LogP) is 3.94. The van der Waals surface area contributed by atoms with Crippen LogP contribution in [0.25, 0.3) is 0 Å². The second kappa shape index (κ2) is 8.12. The number of aryl methyl sites for hydroxylation is 1. The van der Waals surface area contributed by atoms with Gasteiger partial charge in [-0.05, 0) is 17.5 Å². The van der Waals surface area contributed by atoms with E-state index in [1.807, 2.05) is 54.1 Å². The largest absolute Gasteiger partial charge is 0.309 e. The van der Waals surface area contributed by atoms with Crippen molar-refractivity contribution >= 4 is 17.5 Å². The van der Waals surface area contributed by atoms with Crippen LogP contribution in [0.2, 0.25) is 0 Å². The van der Waals surface area contributed by atoms with Gasteiger partial charge in [0.25, 0.3) is 0 Å². The average molecular weight is 351 g/mol. The molecule has 128 valence electrons. The Morgan fingerprint density at radius 2 is 1.72 bits per heavy atom. The molecule has 0 spiro atoms. The number of nitrogens with zero attached hydrogens (tertiary/aromatic N) is 3. The maximum Gasteiger partial charge on any atom is 0.191 e. The zero-order chi connectivity index (χ0) is 17.6. The minimum Gasteiger partial charge on any atom is -0.309 e. The first-order valence-electron chi connectivity index (χ1n) is 8.34. The Balaban J connectivity index is 1.62. The highest BCUT2D eigenvalue weighted by molar-refractivity contribution is 7.99. The quantitative estimate of drug-likeness (QED) is 0.478. The molecule has 0 amide bonds. The van der Waals surface area contributed by atoms with Crippen LogP contribution in [-0.4, -0.2) is 26.3 Å². The molecule has 3 rings (SSSR count). The molecule has 2 aromatic carbocycles. The molecular weight excluding hydrogens is 330 g/mol. The van der Waals surface area contributed by atoms with E-state index in [1.165, 1.54) is 22.9 Å². The number of rotatable bonds is 7. The fourth-order valence-electron chi connectivity index (χ4n) is 2.54. The van der Waals surface area contributed by atoms with E-state index in [-0.39, 0.29) is 5.78 Å². The minimum absolute atomic E-state index is 0.111. The maximum atomic E-state index is 12.3. The number of hydrogen-bond donors (Lipinski definition) is 0. The second-order valence-electron chi connectivity index (χ2n) is 5.88. The Bertz CT molecular complexity index is 841. The van der Waals surface area contributed by atoms with Crippen molar-refractivity contribution in [1.82, 2.24) is 14.8 Å². The van der Waals surface area contributed by atoms with Gasteiger partial charge >= 0.3 is 0 Å². The Morgan fingerprint density at radius 1 is 1.00 bits per heavy atom. The number of hydrogen-bond acceptors (Lipinski definition) is 4. The van der Waals surface area contributed by atoms with Crippen molar-refractivity contribution in [3.05, 3.63) is 77.1 Å². The van der Waals surface area contributed by atoms with E-state index >= 15 is 0 Å². The van der Waals surface area contributed by atoms with Crippen LogP contribution in [0.5, 0.6) is 0 Å². The molecule has 25 heavy (non-hydrogen) atoms. The monoisotopic (exact) mass is 351 g/mol. The van der Waals surface area contributed by atoms with Crippen LogP contribution in [-0.2, 0) is 19.9 Å². The maximum absolute atomic E-state index is 12.3. The van der Waals surface area contributed by atoms with Crippen LogP contribution in [0.15, 0.2) is 59.8 Å². The van der Waals surface area contributed by atoms with Crippen molar-refractivity contribution in [2.24, 2.45) is 7.05 Å². The molecule has 0 atom stereocenters. The third kappa shape index (κ3) is 4.37. The third-order valence-electron chi connectivity index (χ3n) is 4.15. The summed E-state index contributed by atoms with van der Waals surface area (Å²) in [5.74, 6) is 1.37. The summed E-state index contributed by atoms with van der Waals surface area (Å²) in [5.41, 5.74) is 3.18. The van der Waals surface area contributed by atoms with Crippen LogP contribution in [0.4, 0.5) is 0 Å². The fraction of sp³-hybridized carbons (Fsp3) is 0.250. The molecule has 0 saturated carbocycles. The van der Waals surface area contributed by atoms with E-state index in [2.05, 4.69) is 29.3 Å². The van der Waals surface area contributed by atoms with Gasteiger partial charge < -0.3 is 4.57 Å². The normalized spacial score (nSPS) is 10.8. The number of benzene rings is 2. The summed E-state index contributed by atoms with van der Waals surface area (Å²) in [5, 5.41) is 9.26. The van der Waals surface area contributed by atoms with Crippen molar-refractivity contribution in [2.45, 2.75) is 24.9 Å². The van der Waals surface area contributed by atoms with E-state index < -0.39 is 0 Å². The summed E-state index contributed by atoms with van der Waals surface area (Å²) in [6, 6.07) is 18.0. The first kappa shape index (κ1) is 17.4. The van der Waals surface area contributed by atoms with Gasteiger partial charge in [-0.2, -0.15) is 0 Å². The highest BCUT2D eigenvalue weighted by Gasteiger charge is 2.13. The summed E-state index contributed by atoms with van der Waals surface area (Å²) in [6.07, 6.45) is 1.71. The lowest BCUT2D eigenvalue weighted by atomic mass is 10.1. The molecule has 0 aliphatic heterocycles. The van der Waals surface area contributed by atoms with Gasteiger partial charge in [-0.15, -0.1) is 10.2 Å². The standard InChI is InChI=1S/C20H21N3OS/c1-3-15-9-11-17(12-10-15)18(24)14-25-20-22-21-19(23(20)2)13-16-7-5-4-6-8-16/h4-12H,3,13-14H2,1-2H3. The summed E-state index contributed by atoms with van der Waals surface area (Å²) in [6.45, 7) is 2.10. The summed E-state index contributed by atoms with van der Waals surface area (Å²) >= 11 is 1.43. The molecular formula is C20H21N3OS. The molecule has 0 N–H and O–H groups in total. The molecule has 0 bridgehead atoms. The lowest BCUT2D eigenvalue weighted by Gasteiger charge is -2.04. The number of carbonyl (C=O) groups excluding carboxylic acids is 1. The molecule has 5 heteroatoms. The zero-order valence-electron chi connectivity index (χ0n) is 14.5. The molecule has 3 aromatic rings. The van der Waals surface area contributed by atoms with Gasteiger partial charge in [-0.1, -0.05) is 73.3 Å². The lowest BCUT2D eigenvalue weighted by molar-refractivity contribution is 0.102. The fourth-order valence-corrected chi connectivity index (χ4v) is 3.37. The van der Waals surface area contributed by atoms with Crippen molar-refractivity contribution in [3.63, 3.8) is 0 Å². The lowest BCUT2D eigenvalue weighted by Crippen LogP contribution is -2.05. The van der Waals surface area contributed by atoms with E-state index in [4.69, 9.17) is 0 Å². The second-order valence-corrected chi connectivity index (χ2v) is 6.83. The summed E-state index contributed by atoms with van der Waals surface area (Å²) in [4.78, 5) is 12.3. The molecule has 0 aliphatic carbocycles. The Kier molecular flexibility index (Phi) is 5.66. The Hall–Kier alpha value is -2.40. The number of thioether (sulfide) groups is 1. The topological polar surface area (TPSA) is 47.8 Å². The molecule has 4 nitrogen and oxygen atoms in total. The van der Waals surface area contributed by atoms with Crippen molar-refractivity contribution in [1.29, 1.82) is 0 Å². The van der Waals surface area contributed by atoms with E-state index in [9.17, 15) is 4.79 Å². The minimum atomic E-state index is 0.111. The van der Waals surface area contributed by atoms with Crippen LogP contribution in [0.3, 0.4) is 0 Å². The average Bonchev–Trinajstić information content (AvgIpc) is 3.00. The van der Waals surface area contributed by atoms with E-state index in [0.717, 1.165) is 29.4 Å². The van der Waals surface area contributed by atoms with E-state index in [1.54, 1.807) is 0 Å². The molecule has 0 aliphatic rings. The predicted molar refractivity (Wildman–Crippen MR) is 101 cm³/mol. The van der Waals surface area contributed by atoms with Crippen LogP contribution < -0.4 is 0 Å². The van der Waals surface area contributed by atoms with Crippen LogP contribution in [0.1, 0.15) is 34.2 Å². The van der Waals surface area contributed by atoms with Crippen LogP contribution in [0, 0.1) is 0 Å². The van der Waals surface area contributed by atoms with Gasteiger partial charge in [0, 0.05) is 19.0 Å². The van der Waals surface area contributed by atoms with Gasteiger partial charge in [-0.25, -0.2) is 0 Å². The Labute approximate surface area is 152 Å². The number of carbonyl (C=O) groups is 1. The first-order chi connectivity index (χ1) is 12.2. The van der Waals surface area contributed by atoms with Gasteiger partial charge in [-0.3, -0.25) is 4.79 Å². The number of Topliss-reactive ketones (excluding diaryl/α,β-unsaturated/α-hetero) is 1. The molecule has 0 radical (unpaired) electrons. The highest BCUT2D eigenvalue weighted by atomic mass is 32.2. The highest BCUT2D eigenvalue weighted by Crippen LogP contribution is 2.19. The summed E-state index contributed by atoms with van der Waals surface area (Å²) < 4.78 is 1.96. The van der Waals surface area contributed by atoms with Gasteiger partial charge in [0.2, 0.25) is 0 Å². The van der Waals surface area contributed by atoms with Crippen LogP contribution >= 0.6 is 11.8 Å². The van der Waals surface area contributed by atoms with Crippen molar-refractivity contribution < 1.29 is 4.79 Å². The van der Waals surface area contributed by atoms with Crippen molar-refractivity contribution in [2.75, 3.05) is 5.75 Å². The number of aromatic nitrogens is 3. The molecule has 1 heterocycles. The van der Waals surface area contributed by atoms with Gasteiger partial charge in [0.05, 0.1) is 5.75 Å². The smallest absolute Gasteiger partial charge is 0.191 e. The number of ketones is 1. The molecule has 0 saturated heterocycles.